The fraction of sp³-hybridized carbons (Fsp3) is 0.583. The van der Waals surface area contributed by atoms with Crippen LogP contribution in [0.3, 0.4) is 0 Å². The Balaban J connectivity index is 1.30. The summed E-state index contributed by atoms with van der Waals surface area (Å²) < 4.78 is 15.2. The highest BCUT2D eigenvalue weighted by molar-refractivity contribution is 6.31. The van der Waals surface area contributed by atoms with E-state index in [2.05, 4.69) is 10.4 Å². The Kier molecular flexibility index (Phi) is 4.92. The maximum atomic E-state index is 13.3. The van der Waals surface area contributed by atoms with Gasteiger partial charge in [-0.1, -0.05) is 17.7 Å². The molecule has 6 rings (SSSR count). The molecule has 4 fully saturated rings. The minimum atomic E-state index is -0.352. The topological polar surface area (TPSA) is 46.9 Å². The fourth-order valence-electron chi connectivity index (χ4n) is 6.87. The summed E-state index contributed by atoms with van der Waals surface area (Å²) >= 11 is 6.18. The van der Waals surface area contributed by atoms with Gasteiger partial charge in [-0.05, 0) is 93.2 Å². The largest absolute Gasteiger partial charge is 0.323 e. The van der Waals surface area contributed by atoms with Gasteiger partial charge in [-0.15, -0.1) is 0 Å². The number of nitrogens with zero attached hydrogens (tertiary/aromatic N) is 2. The van der Waals surface area contributed by atoms with Gasteiger partial charge in [0.25, 0.3) is 0 Å². The van der Waals surface area contributed by atoms with Gasteiger partial charge in [0, 0.05) is 11.4 Å². The number of hydrogen-bond donors (Lipinski definition) is 1. The Morgan fingerprint density at radius 3 is 2.43 bits per heavy atom. The van der Waals surface area contributed by atoms with Crippen molar-refractivity contribution in [2.45, 2.75) is 65.3 Å². The zero-order valence-electron chi connectivity index (χ0n) is 17.7. The molecule has 4 bridgehead atoms. The summed E-state index contributed by atoms with van der Waals surface area (Å²) in [4.78, 5) is 13.0. The van der Waals surface area contributed by atoms with Gasteiger partial charge in [0.2, 0.25) is 5.91 Å². The smallest absolute Gasteiger partial charge is 0.225 e. The van der Waals surface area contributed by atoms with E-state index in [1.54, 1.807) is 6.07 Å². The van der Waals surface area contributed by atoms with Crippen LogP contribution in [0.25, 0.3) is 0 Å². The van der Waals surface area contributed by atoms with E-state index in [1.165, 1.54) is 50.7 Å². The number of nitrogens with one attached hydrogen (secondary N) is 1. The van der Waals surface area contributed by atoms with Crippen LogP contribution in [0, 0.1) is 42.8 Å². The van der Waals surface area contributed by atoms with Crippen LogP contribution in [-0.2, 0) is 11.3 Å². The fourth-order valence-corrected chi connectivity index (χ4v) is 7.10. The van der Waals surface area contributed by atoms with E-state index in [9.17, 15) is 9.18 Å². The second-order valence-electron chi connectivity index (χ2n) is 10.1. The molecule has 0 saturated heterocycles. The van der Waals surface area contributed by atoms with Crippen LogP contribution >= 0.6 is 11.6 Å². The lowest BCUT2D eigenvalue weighted by Crippen LogP contribution is -2.47. The van der Waals surface area contributed by atoms with E-state index in [0.29, 0.717) is 18.0 Å². The number of amides is 1. The minimum Gasteiger partial charge on any atom is -0.323 e. The molecule has 1 aromatic carbocycles. The highest BCUT2D eigenvalue weighted by atomic mass is 35.5. The lowest BCUT2D eigenvalue weighted by molar-refractivity contribution is -0.124. The number of aryl methyl sites for hydroxylation is 1. The van der Waals surface area contributed by atoms with Gasteiger partial charge in [0.15, 0.2) is 0 Å². The summed E-state index contributed by atoms with van der Waals surface area (Å²) in [6.45, 7) is 4.31. The lowest BCUT2D eigenvalue weighted by Gasteiger charge is -2.56. The van der Waals surface area contributed by atoms with E-state index in [-0.39, 0.29) is 17.1 Å². The van der Waals surface area contributed by atoms with Crippen LogP contribution in [0.15, 0.2) is 18.2 Å². The average molecular weight is 430 g/mol. The van der Waals surface area contributed by atoms with Crippen LogP contribution < -0.4 is 5.32 Å². The second-order valence-corrected chi connectivity index (χ2v) is 10.5. The van der Waals surface area contributed by atoms with Crippen molar-refractivity contribution >= 4 is 23.2 Å². The summed E-state index contributed by atoms with van der Waals surface area (Å²) in [5, 5.41) is 8.15. The summed E-state index contributed by atoms with van der Waals surface area (Å²) in [6, 6.07) is 4.40. The van der Waals surface area contributed by atoms with Crippen molar-refractivity contribution in [1.82, 2.24) is 9.78 Å². The van der Waals surface area contributed by atoms with Crippen LogP contribution in [0.4, 0.5) is 10.1 Å². The molecule has 4 aliphatic rings. The number of aromatic nitrogens is 2. The maximum Gasteiger partial charge on any atom is 0.225 e. The zero-order chi connectivity index (χ0) is 21.0. The summed E-state index contributed by atoms with van der Waals surface area (Å²) in [6.07, 6.45) is 8.48. The van der Waals surface area contributed by atoms with Crippen molar-refractivity contribution in [2.24, 2.45) is 23.2 Å². The minimum absolute atomic E-state index is 0.113. The first-order chi connectivity index (χ1) is 14.3. The molecule has 1 aromatic heterocycles. The molecule has 160 valence electrons. The first-order valence-corrected chi connectivity index (χ1v) is 11.5. The van der Waals surface area contributed by atoms with Crippen molar-refractivity contribution in [3.05, 3.63) is 46.0 Å². The lowest BCUT2D eigenvalue weighted by atomic mass is 9.49. The van der Waals surface area contributed by atoms with E-state index in [1.807, 2.05) is 18.5 Å². The van der Waals surface area contributed by atoms with E-state index in [4.69, 9.17) is 11.6 Å². The highest BCUT2D eigenvalue weighted by Gasteiger charge is 2.51. The van der Waals surface area contributed by atoms with Crippen molar-refractivity contribution in [3.8, 4) is 0 Å². The molecular formula is C24H29ClFN3O. The standard InChI is InChI=1S/C24H29ClFN3O/c1-14-23(15(2)29(28-14)13-19-3-4-20(26)8-21(19)25)27-22(30)12-24-9-16-5-17(10-24)7-18(6-16)11-24/h3-4,8,16-18H,5-7,9-13H2,1-2H3,(H,27,30). The molecule has 0 atom stereocenters. The van der Waals surface area contributed by atoms with E-state index < -0.39 is 0 Å². The van der Waals surface area contributed by atoms with Crippen LogP contribution in [-0.4, -0.2) is 15.7 Å². The number of halogens is 2. The molecule has 0 aliphatic heterocycles. The van der Waals surface area contributed by atoms with Crippen molar-refractivity contribution in [2.75, 3.05) is 5.32 Å². The Morgan fingerprint density at radius 2 is 1.83 bits per heavy atom. The summed E-state index contributed by atoms with van der Waals surface area (Å²) in [7, 11) is 0. The average Bonchev–Trinajstić information content (AvgIpc) is 2.90. The van der Waals surface area contributed by atoms with Gasteiger partial charge in [0.1, 0.15) is 5.82 Å². The molecule has 6 heteroatoms. The number of rotatable bonds is 5. The van der Waals surface area contributed by atoms with Gasteiger partial charge in [0.05, 0.1) is 23.6 Å². The molecule has 2 aromatic rings. The van der Waals surface area contributed by atoms with Crippen LogP contribution in [0.2, 0.25) is 5.02 Å². The molecule has 30 heavy (non-hydrogen) atoms. The second kappa shape index (κ2) is 7.37. The molecule has 1 N–H and O–H groups in total. The molecule has 4 aliphatic carbocycles. The first kappa shape index (κ1) is 20.0. The molecule has 1 heterocycles. The quantitative estimate of drug-likeness (QED) is 0.644. The Hall–Kier alpha value is -1.88. The van der Waals surface area contributed by atoms with E-state index in [0.717, 1.165) is 40.4 Å². The van der Waals surface area contributed by atoms with Crippen molar-refractivity contribution in [3.63, 3.8) is 0 Å². The third-order valence-corrected chi connectivity index (χ3v) is 8.03. The van der Waals surface area contributed by atoms with Gasteiger partial charge < -0.3 is 5.32 Å². The third kappa shape index (κ3) is 3.66. The van der Waals surface area contributed by atoms with Crippen LogP contribution in [0.1, 0.15) is 61.9 Å². The third-order valence-electron chi connectivity index (χ3n) is 7.68. The van der Waals surface area contributed by atoms with Gasteiger partial charge in [-0.3, -0.25) is 9.48 Å². The van der Waals surface area contributed by atoms with Gasteiger partial charge in [-0.25, -0.2) is 4.39 Å². The number of carbonyl (C=O) groups is 1. The predicted molar refractivity (Wildman–Crippen MR) is 116 cm³/mol. The monoisotopic (exact) mass is 429 g/mol. The van der Waals surface area contributed by atoms with E-state index >= 15 is 0 Å². The SMILES string of the molecule is Cc1nn(Cc2ccc(F)cc2Cl)c(C)c1NC(=O)CC12CC3CC(CC(C3)C1)C2. The molecule has 4 nitrogen and oxygen atoms in total. The molecule has 4 saturated carbocycles. The van der Waals surface area contributed by atoms with Gasteiger partial charge >= 0.3 is 0 Å². The molecule has 0 radical (unpaired) electrons. The van der Waals surface area contributed by atoms with Gasteiger partial charge in [-0.2, -0.15) is 5.10 Å². The Bertz CT molecular complexity index is 963. The first-order valence-electron chi connectivity index (χ1n) is 11.1. The highest BCUT2D eigenvalue weighted by Crippen LogP contribution is 2.61. The number of carbonyl (C=O) groups excluding carboxylic acids is 1. The van der Waals surface area contributed by atoms with Crippen molar-refractivity contribution in [1.29, 1.82) is 0 Å². The molecule has 0 unspecified atom stereocenters. The number of benzene rings is 1. The molecular weight excluding hydrogens is 401 g/mol. The summed E-state index contributed by atoms with van der Waals surface area (Å²) in [5.74, 6) is 2.29. The number of anilines is 1. The normalized spacial score (nSPS) is 29.4. The maximum absolute atomic E-state index is 13.3. The Labute approximate surface area is 182 Å². The predicted octanol–water partition coefficient (Wildman–Crippen LogP) is 5.89. The molecule has 1 amide bonds. The number of hydrogen-bond acceptors (Lipinski definition) is 2. The Morgan fingerprint density at radius 1 is 1.20 bits per heavy atom. The summed E-state index contributed by atoms with van der Waals surface area (Å²) in [5.41, 5.74) is 3.51. The van der Waals surface area contributed by atoms with Crippen LogP contribution in [0.5, 0.6) is 0 Å². The zero-order valence-corrected chi connectivity index (χ0v) is 18.4. The molecule has 0 spiro atoms. The van der Waals surface area contributed by atoms with Crippen molar-refractivity contribution < 1.29 is 9.18 Å².